The first-order chi connectivity index (χ1) is 11.0. The molecule has 0 bridgehead atoms. The van der Waals surface area contributed by atoms with Crippen LogP contribution in [0.5, 0.6) is 5.88 Å². The van der Waals surface area contributed by atoms with Crippen molar-refractivity contribution >= 4 is 16.9 Å². The zero-order chi connectivity index (χ0) is 16.4. The monoisotopic (exact) mass is 337 g/mol. The van der Waals surface area contributed by atoms with Crippen LogP contribution in [0, 0.1) is 11.6 Å². The molecular weight excluding hydrogens is 327 g/mol. The summed E-state index contributed by atoms with van der Waals surface area (Å²) in [5.41, 5.74) is 0.771. The summed E-state index contributed by atoms with van der Waals surface area (Å²) in [7, 11) is 0. The van der Waals surface area contributed by atoms with Crippen LogP contribution in [0.2, 0.25) is 0 Å². The zero-order valence-corrected chi connectivity index (χ0v) is 14.8. The van der Waals surface area contributed by atoms with Crippen molar-refractivity contribution in [1.82, 2.24) is 4.98 Å². The van der Waals surface area contributed by atoms with Gasteiger partial charge < -0.3 is 14.6 Å². The maximum absolute atomic E-state index is 13.3. The van der Waals surface area contributed by atoms with Crippen LogP contribution in [-0.4, -0.2) is 11.0 Å². The molecule has 0 aliphatic rings. The first-order valence-corrected chi connectivity index (χ1v) is 6.72. The van der Waals surface area contributed by atoms with E-state index < -0.39 is 11.8 Å². The number of carbonyl (C=O) groups excluding carboxylic acids is 1. The van der Waals surface area contributed by atoms with E-state index in [1.807, 2.05) is 0 Å². The molecule has 0 unspecified atom stereocenters. The number of hydrogen-bond donors (Lipinski definition) is 0. The van der Waals surface area contributed by atoms with Gasteiger partial charge in [0.1, 0.15) is 18.2 Å². The zero-order valence-electron chi connectivity index (χ0n) is 12.8. The fourth-order valence-corrected chi connectivity index (χ4v) is 2.15. The molecule has 0 saturated heterocycles. The van der Waals surface area contributed by atoms with Crippen molar-refractivity contribution in [1.29, 1.82) is 0 Å². The Morgan fingerprint density at radius 1 is 1.04 bits per heavy atom. The smallest absolute Gasteiger partial charge is 0.545 e. The van der Waals surface area contributed by atoms with Crippen LogP contribution in [0.25, 0.3) is 10.9 Å². The minimum atomic E-state index is -1.45. The fourth-order valence-electron chi connectivity index (χ4n) is 2.15. The van der Waals surface area contributed by atoms with E-state index in [1.54, 1.807) is 12.1 Å². The van der Waals surface area contributed by atoms with Gasteiger partial charge in [-0.3, -0.25) is 0 Å². The van der Waals surface area contributed by atoms with Crippen LogP contribution < -0.4 is 39.4 Å². The van der Waals surface area contributed by atoms with Crippen LogP contribution in [0.15, 0.2) is 48.5 Å². The van der Waals surface area contributed by atoms with E-state index in [-0.39, 0.29) is 64.3 Å². The molecular formula is C17H10F2NNaO3. The quantitative estimate of drug-likeness (QED) is 0.600. The molecule has 0 amide bonds. The minimum absolute atomic E-state index is 0. The number of aromatic nitrogens is 1. The van der Waals surface area contributed by atoms with Gasteiger partial charge in [-0.2, -0.15) is 0 Å². The largest absolute Gasteiger partial charge is 1.00 e. The fraction of sp³-hybridized carbons (Fsp3) is 0.0588. The predicted molar refractivity (Wildman–Crippen MR) is 76.8 cm³/mol. The number of carbonyl (C=O) groups is 1. The third kappa shape index (κ3) is 4.08. The van der Waals surface area contributed by atoms with Gasteiger partial charge in [-0.05, 0) is 35.9 Å². The molecule has 0 radical (unpaired) electrons. The average Bonchev–Trinajstić information content (AvgIpc) is 2.53. The van der Waals surface area contributed by atoms with Crippen LogP contribution in [-0.2, 0) is 6.61 Å². The molecule has 0 fully saturated rings. The number of aromatic carboxylic acids is 1. The number of hydrogen-bond acceptors (Lipinski definition) is 4. The van der Waals surface area contributed by atoms with Gasteiger partial charge in [-0.1, -0.05) is 12.1 Å². The molecule has 0 atom stereocenters. The molecule has 24 heavy (non-hydrogen) atoms. The van der Waals surface area contributed by atoms with Gasteiger partial charge in [0, 0.05) is 17.0 Å². The number of pyridine rings is 1. The number of halogens is 2. The Labute approximate surface area is 158 Å². The molecule has 0 aliphatic heterocycles. The minimum Gasteiger partial charge on any atom is -0.545 e. The Kier molecular flexibility index (Phi) is 5.88. The maximum Gasteiger partial charge on any atom is 1.00 e. The van der Waals surface area contributed by atoms with E-state index in [0.29, 0.717) is 5.56 Å². The molecule has 116 valence electrons. The molecule has 3 rings (SSSR count). The normalized spacial score (nSPS) is 10.2. The number of benzene rings is 2. The van der Waals surface area contributed by atoms with Crippen LogP contribution in [0.1, 0.15) is 15.9 Å². The van der Waals surface area contributed by atoms with Crippen molar-refractivity contribution in [3.8, 4) is 5.88 Å². The summed E-state index contributed by atoms with van der Waals surface area (Å²) in [4.78, 5) is 15.4. The Bertz CT molecular complexity index is 885. The third-order valence-corrected chi connectivity index (χ3v) is 3.27. The Morgan fingerprint density at radius 3 is 2.38 bits per heavy atom. The summed E-state index contributed by atoms with van der Waals surface area (Å²) in [5.74, 6) is -2.32. The molecule has 3 aromatic rings. The number of nitrogens with zero attached hydrogens (tertiary/aromatic N) is 1. The molecule has 0 spiro atoms. The first-order valence-electron chi connectivity index (χ1n) is 6.72. The number of carboxylic acid groups (broad SMARTS) is 1. The van der Waals surface area contributed by atoms with Gasteiger partial charge in [-0.15, -0.1) is 0 Å². The topological polar surface area (TPSA) is 62.2 Å². The standard InChI is InChI=1S/C17H11F2NO3.Na/c18-11-3-1-10(2-4-11)9-23-16-8-14(17(21)22)13-7-12(19)5-6-15(13)20-16;/h1-8H,9H2,(H,21,22);/q;+1/p-1. The number of fused-ring (bicyclic) bond motifs is 1. The maximum atomic E-state index is 13.3. The summed E-state index contributed by atoms with van der Waals surface area (Å²) < 4.78 is 31.6. The van der Waals surface area contributed by atoms with Crippen molar-refractivity contribution < 1.29 is 53.0 Å². The second-order valence-electron chi connectivity index (χ2n) is 4.87. The van der Waals surface area contributed by atoms with Crippen LogP contribution in [0.3, 0.4) is 0 Å². The summed E-state index contributed by atoms with van der Waals surface area (Å²) in [5, 5.41) is 11.4. The van der Waals surface area contributed by atoms with Gasteiger partial charge in [0.15, 0.2) is 0 Å². The molecule has 0 saturated carbocycles. The SMILES string of the molecule is O=C([O-])c1cc(OCc2ccc(F)cc2)nc2ccc(F)cc12.[Na+]. The van der Waals surface area contributed by atoms with E-state index in [1.165, 1.54) is 30.3 Å². The van der Waals surface area contributed by atoms with E-state index in [9.17, 15) is 18.7 Å². The van der Waals surface area contributed by atoms with E-state index in [4.69, 9.17) is 4.74 Å². The second kappa shape index (κ2) is 7.70. The molecule has 2 aromatic carbocycles. The van der Waals surface area contributed by atoms with Crippen molar-refractivity contribution in [3.05, 3.63) is 71.3 Å². The Balaban J connectivity index is 0.00000208. The molecule has 0 N–H and O–H groups in total. The summed E-state index contributed by atoms with van der Waals surface area (Å²) in [6, 6.07) is 10.5. The van der Waals surface area contributed by atoms with Gasteiger partial charge in [-0.25, -0.2) is 13.8 Å². The van der Waals surface area contributed by atoms with Crippen LogP contribution in [0.4, 0.5) is 8.78 Å². The molecule has 0 aliphatic carbocycles. The molecule has 7 heteroatoms. The van der Waals surface area contributed by atoms with E-state index in [0.717, 1.165) is 6.07 Å². The summed E-state index contributed by atoms with van der Waals surface area (Å²) in [6.07, 6.45) is 0. The van der Waals surface area contributed by atoms with Crippen LogP contribution >= 0.6 is 0 Å². The van der Waals surface area contributed by atoms with Crippen molar-refractivity contribution in [2.75, 3.05) is 0 Å². The third-order valence-electron chi connectivity index (χ3n) is 3.27. The van der Waals surface area contributed by atoms with E-state index in [2.05, 4.69) is 4.98 Å². The summed E-state index contributed by atoms with van der Waals surface area (Å²) in [6.45, 7) is 0.0898. The van der Waals surface area contributed by atoms with Crippen molar-refractivity contribution in [2.24, 2.45) is 0 Å². The average molecular weight is 337 g/mol. The number of rotatable bonds is 4. The molecule has 1 aromatic heterocycles. The van der Waals surface area contributed by atoms with Gasteiger partial charge in [0.05, 0.1) is 11.5 Å². The van der Waals surface area contributed by atoms with Crippen molar-refractivity contribution in [2.45, 2.75) is 6.61 Å². The van der Waals surface area contributed by atoms with E-state index >= 15 is 0 Å². The second-order valence-corrected chi connectivity index (χ2v) is 4.87. The summed E-state index contributed by atoms with van der Waals surface area (Å²) >= 11 is 0. The molecule has 4 nitrogen and oxygen atoms in total. The molecule has 1 heterocycles. The Hall–Kier alpha value is -2.02. The van der Waals surface area contributed by atoms with Gasteiger partial charge >= 0.3 is 29.6 Å². The Morgan fingerprint density at radius 2 is 1.71 bits per heavy atom. The number of ether oxygens (including phenoxy) is 1. The predicted octanol–water partition coefficient (Wildman–Crippen LogP) is -0.541. The first kappa shape index (κ1) is 18.3. The van der Waals surface area contributed by atoms with Gasteiger partial charge in [0.2, 0.25) is 5.88 Å². The van der Waals surface area contributed by atoms with Crippen molar-refractivity contribution in [3.63, 3.8) is 0 Å². The number of carboxylic acids is 1. The van der Waals surface area contributed by atoms with Gasteiger partial charge in [0.25, 0.3) is 0 Å².